The van der Waals surface area contributed by atoms with E-state index in [4.69, 9.17) is 22.1 Å². The van der Waals surface area contributed by atoms with Crippen LogP contribution in [0.15, 0.2) is 18.6 Å². The van der Waals surface area contributed by atoms with Crippen molar-refractivity contribution < 1.29 is 9.53 Å². The van der Waals surface area contributed by atoms with Crippen LogP contribution in [-0.4, -0.2) is 69.4 Å². The van der Waals surface area contributed by atoms with Gasteiger partial charge in [0.2, 0.25) is 11.9 Å². The summed E-state index contributed by atoms with van der Waals surface area (Å²) in [6, 6.07) is -0.0642. The Bertz CT molecular complexity index is 870. The molecule has 3 heterocycles. The number of anilines is 3. The highest BCUT2D eigenvalue weighted by atomic mass is 35.5. The van der Waals surface area contributed by atoms with Crippen molar-refractivity contribution in [1.82, 2.24) is 24.6 Å². The van der Waals surface area contributed by atoms with Crippen LogP contribution >= 0.6 is 11.6 Å². The fraction of sp³-hybridized carbons (Fsp3) is 0.579. The van der Waals surface area contributed by atoms with Gasteiger partial charge in [-0.3, -0.25) is 14.4 Å². The highest BCUT2D eigenvalue weighted by molar-refractivity contribution is 6.32. The minimum Gasteiger partial charge on any atom is -0.379 e. The molecule has 1 aliphatic carbocycles. The van der Waals surface area contributed by atoms with Crippen molar-refractivity contribution in [2.45, 2.75) is 31.8 Å². The molecule has 0 bridgehead atoms. The van der Waals surface area contributed by atoms with Gasteiger partial charge >= 0.3 is 0 Å². The summed E-state index contributed by atoms with van der Waals surface area (Å²) < 4.78 is 7.27. The van der Waals surface area contributed by atoms with Crippen molar-refractivity contribution in [3.8, 4) is 0 Å². The third-order valence-corrected chi connectivity index (χ3v) is 5.86. The van der Waals surface area contributed by atoms with Crippen LogP contribution in [0.5, 0.6) is 0 Å². The van der Waals surface area contributed by atoms with Gasteiger partial charge in [-0.2, -0.15) is 10.1 Å². The van der Waals surface area contributed by atoms with Crippen LogP contribution in [0, 0.1) is 5.92 Å². The summed E-state index contributed by atoms with van der Waals surface area (Å²) in [7, 11) is 0. The van der Waals surface area contributed by atoms with Gasteiger partial charge in [0.05, 0.1) is 43.8 Å². The van der Waals surface area contributed by atoms with Crippen molar-refractivity contribution in [2.75, 3.05) is 43.5 Å². The number of nitrogens with zero attached hydrogens (tertiary/aromatic N) is 5. The molecule has 0 unspecified atom stereocenters. The Kier molecular flexibility index (Phi) is 6.66. The quantitative estimate of drug-likeness (QED) is 0.570. The first-order valence-electron chi connectivity index (χ1n) is 10.3. The summed E-state index contributed by atoms with van der Waals surface area (Å²) >= 11 is 6.26. The van der Waals surface area contributed by atoms with Gasteiger partial charge in [-0.15, -0.1) is 0 Å². The molecule has 2 fully saturated rings. The number of primary amides is 1. The second-order valence-electron chi connectivity index (χ2n) is 7.65. The van der Waals surface area contributed by atoms with E-state index in [2.05, 4.69) is 30.6 Å². The van der Waals surface area contributed by atoms with Crippen molar-refractivity contribution >= 4 is 35.0 Å². The van der Waals surface area contributed by atoms with Crippen LogP contribution in [0.25, 0.3) is 0 Å². The largest absolute Gasteiger partial charge is 0.379 e. The maximum absolute atomic E-state index is 11.6. The summed E-state index contributed by atoms with van der Waals surface area (Å²) in [5, 5.41) is 11.2. The van der Waals surface area contributed by atoms with Gasteiger partial charge < -0.3 is 21.1 Å². The molecule has 1 aliphatic heterocycles. The fourth-order valence-electron chi connectivity index (χ4n) is 3.93. The van der Waals surface area contributed by atoms with E-state index in [0.29, 0.717) is 16.8 Å². The number of hydrogen-bond donors (Lipinski definition) is 3. The molecule has 2 atom stereocenters. The Morgan fingerprint density at radius 3 is 2.90 bits per heavy atom. The lowest BCUT2D eigenvalue weighted by Crippen LogP contribution is -2.38. The molecule has 162 valence electrons. The minimum absolute atomic E-state index is 0.0642. The lowest BCUT2D eigenvalue weighted by Gasteiger charge is -2.26. The van der Waals surface area contributed by atoms with E-state index in [1.54, 1.807) is 6.20 Å². The average Bonchev–Trinajstić information content (AvgIpc) is 3.39. The number of carbonyl (C=O) groups is 1. The molecule has 0 spiro atoms. The summed E-state index contributed by atoms with van der Waals surface area (Å²) in [5.74, 6) is 0.394. The van der Waals surface area contributed by atoms with Crippen LogP contribution in [-0.2, 0) is 16.1 Å². The molecular weight excluding hydrogens is 408 g/mol. The lowest BCUT2D eigenvalue weighted by atomic mass is 10.0. The highest BCUT2D eigenvalue weighted by Crippen LogP contribution is 2.30. The average molecular weight is 435 g/mol. The smallest absolute Gasteiger partial charge is 0.229 e. The molecule has 11 heteroatoms. The third-order valence-electron chi connectivity index (χ3n) is 5.59. The Labute approximate surface area is 180 Å². The molecule has 0 radical (unpaired) electrons. The Morgan fingerprint density at radius 2 is 2.10 bits per heavy atom. The number of amides is 1. The molecule has 1 amide bonds. The van der Waals surface area contributed by atoms with Crippen molar-refractivity contribution in [1.29, 1.82) is 0 Å². The van der Waals surface area contributed by atoms with Gasteiger partial charge in [-0.25, -0.2) is 4.98 Å². The topological polar surface area (TPSA) is 123 Å². The fourth-order valence-corrected chi connectivity index (χ4v) is 4.07. The molecule has 1 saturated heterocycles. The maximum atomic E-state index is 11.6. The van der Waals surface area contributed by atoms with Crippen LogP contribution in [0.3, 0.4) is 0 Å². The number of ether oxygens (including phenoxy) is 1. The van der Waals surface area contributed by atoms with E-state index in [0.717, 1.165) is 64.3 Å². The molecular formula is C19H27ClN8O2. The van der Waals surface area contributed by atoms with Crippen LogP contribution in [0.4, 0.5) is 17.5 Å². The molecule has 4 rings (SSSR count). The SMILES string of the molecule is NC(=O)[C@@H]1CCC[C@@H]1Nc1nc(Nc2cnn(CCN3CCOCC3)c2)ncc1Cl. The first-order valence-corrected chi connectivity index (χ1v) is 10.6. The Hall–Kier alpha value is -2.43. The second-order valence-corrected chi connectivity index (χ2v) is 8.06. The zero-order valence-electron chi connectivity index (χ0n) is 16.8. The van der Waals surface area contributed by atoms with E-state index in [1.165, 1.54) is 6.20 Å². The van der Waals surface area contributed by atoms with E-state index >= 15 is 0 Å². The van der Waals surface area contributed by atoms with Gasteiger partial charge in [0.25, 0.3) is 0 Å². The Balaban J connectivity index is 1.36. The van der Waals surface area contributed by atoms with Gasteiger partial charge in [-0.05, 0) is 12.8 Å². The molecule has 0 aromatic carbocycles. The molecule has 4 N–H and O–H groups in total. The number of aromatic nitrogens is 4. The minimum atomic E-state index is -0.293. The van der Waals surface area contributed by atoms with Crippen molar-refractivity contribution in [2.24, 2.45) is 11.7 Å². The zero-order chi connectivity index (χ0) is 20.9. The number of rotatable bonds is 8. The van der Waals surface area contributed by atoms with Gasteiger partial charge in [0.15, 0.2) is 5.82 Å². The van der Waals surface area contributed by atoms with Gasteiger partial charge in [0.1, 0.15) is 5.02 Å². The van der Waals surface area contributed by atoms with E-state index < -0.39 is 0 Å². The molecule has 2 aromatic rings. The summed E-state index contributed by atoms with van der Waals surface area (Å²) in [6.07, 6.45) is 7.78. The van der Waals surface area contributed by atoms with Crippen LogP contribution in [0.1, 0.15) is 19.3 Å². The molecule has 30 heavy (non-hydrogen) atoms. The number of nitrogens with two attached hydrogens (primary N) is 1. The predicted molar refractivity (Wildman–Crippen MR) is 114 cm³/mol. The number of halogens is 1. The third kappa shape index (κ3) is 5.18. The normalized spacial score (nSPS) is 22.2. The predicted octanol–water partition coefficient (Wildman–Crippen LogP) is 1.47. The standard InChI is InChI=1S/C19H27ClN8O2/c20-15-11-22-19(26-18(15)25-16-3-1-2-14(16)17(21)29)24-13-10-23-28(12-13)5-4-27-6-8-30-9-7-27/h10-12,14,16H,1-9H2,(H2,21,29)(H2,22,24,25,26)/t14-,16+/m1/s1. The van der Waals surface area contributed by atoms with Crippen molar-refractivity contribution in [3.63, 3.8) is 0 Å². The monoisotopic (exact) mass is 434 g/mol. The van der Waals surface area contributed by atoms with E-state index in [9.17, 15) is 4.79 Å². The number of hydrogen-bond acceptors (Lipinski definition) is 8. The molecule has 2 aromatic heterocycles. The first-order chi connectivity index (χ1) is 14.6. The summed E-state index contributed by atoms with van der Waals surface area (Å²) in [4.78, 5) is 22.7. The van der Waals surface area contributed by atoms with Gasteiger partial charge in [-0.1, -0.05) is 18.0 Å². The molecule has 2 aliphatic rings. The van der Waals surface area contributed by atoms with Crippen molar-refractivity contribution in [3.05, 3.63) is 23.6 Å². The molecule has 1 saturated carbocycles. The summed E-state index contributed by atoms with van der Waals surface area (Å²) in [5.41, 5.74) is 6.30. The molecule has 10 nitrogen and oxygen atoms in total. The number of nitrogens with one attached hydrogen (secondary N) is 2. The maximum Gasteiger partial charge on any atom is 0.229 e. The van der Waals surface area contributed by atoms with E-state index in [-0.39, 0.29) is 17.9 Å². The second kappa shape index (κ2) is 9.59. The first kappa shape index (κ1) is 20.8. The van der Waals surface area contributed by atoms with E-state index in [1.807, 2.05) is 10.9 Å². The Morgan fingerprint density at radius 1 is 1.27 bits per heavy atom. The van der Waals surface area contributed by atoms with Gasteiger partial charge in [0, 0.05) is 31.9 Å². The summed E-state index contributed by atoms with van der Waals surface area (Å²) in [6.45, 7) is 5.22. The number of morpholine rings is 1. The van der Waals surface area contributed by atoms with Crippen LogP contribution in [0.2, 0.25) is 5.02 Å². The zero-order valence-corrected chi connectivity index (χ0v) is 17.5. The lowest BCUT2D eigenvalue weighted by molar-refractivity contribution is -0.121. The van der Waals surface area contributed by atoms with Crippen LogP contribution < -0.4 is 16.4 Å². The highest BCUT2D eigenvalue weighted by Gasteiger charge is 2.32. The number of carbonyl (C=O) groups excluding carboxylic acids is 1.